The zero-order valence-electron chi connectivity index (χ0n) is 7.74. The molecule has 1 rings (SSSR count). The number of carbonyl (C=O) groups is 1. The van der Waals surface area contributed by atoms with Crippen LogP contribution in [0.5, 0.6) is 0 Å². The zero-order valence-corrected chi connectivity index (χ0v) is 12.5. The van der Waals surface area contributed by atoms with Crippen LogP contribution in [0.25, 0.3) is 0 Å². The van der Waals surface area contributed by atoms with Crippen molar-refractivity contribution in [2.75, 3.05) is 6.54 Å². The molecular weight excluding hydrogens is 386 g/mol. The maximum atomic E-state index is 11.7. The van der Waals surface area contributed by atoms with Crippen LogP contribution in [0.2, 0.25) is 0 Å². The van der Waals surface area contributed by atoms with E-state index in [2.05, 4.69) is 36.6 Å². The van der Waals surface area contributed by atoms with Crippen LogP contribution < -0.4 is 4.72 Å². The van der Waals surface area contributed by atoms with Crippen molar-refractivity contribution in [1.82, 2.24) is 4.72 Å². The van der Waals surface area contributed by atoms with Gasteiger partial charge in [0.05, 0.1) is 14.0 Å². The third kappa shape index (κ3) is 3.81. The van der Waals surface area contributed by atoms with Crippen LogP contribution in [-0.4, -0.2) is 26.0 Å². The second-order valence-electron chi connectivity index (χ2n) is 2.73. The van der Waals surface area contributed by atoms with E-state index in [9.17, 15) is 13.2 Å². The number of halogens is 2. The highest BCUT2D eigenvalue weighted by atomic mass is 79.9. The summed E-state index contributed by atoms with van der Waals surface area (Å²) in [6, 6.07) is 1.46. The number of thiophene rings is 1. The first kappa shape index (κ1) is 14.1. The average Bonchev–Trinajstić information content (AvgIpc) is 2.44. The van der Waals surface area contributed by atoms with E-state index in [1.807, 2.05) is 0 Å². The monoisotopic (exact) mass is 391 g/mol. The van der Waals surface area contributed by atoms with Crippen molar-refractivity contribution in [3.63, 3.8) is 0 Å². The van der Waals surface area contributed by atoms with E-state index in [0.29, 0.717) is 7.57 Å². The smallest absolute Gasteiger partial charge is 0.304 e. The molecule has 0 aliphatic heterocycles. The number of sulfonamides is 1. The van der Waals surface area contributed by atoms with Gasteiger partial charge in [-0.25, -0.2) is 13.1 Å². The van der Waals surface area contributed by atoms with Crippen LogP contribution in [-0.2, 0) is 14.8 Å². The first-order valence-electron chi connectivity index (χ1n) is 3.99. The number of hydrogen-bond donors (Lipinski definition) is 2. The number of aliphatic carboxylic acids is 1. The highest BCUT2D eigenvalue weighted by Crippen LogP contribution is 2.34. The largest absolute Gasteiger partial charge is 0.481 e. The quantitative estimate of drug-likeness (QED) is 0.802. The molecule has 0 radical (unpaired) electrons. The minimum atomic E-state index is -3.65. The standard InChI is InChI=1S/C7H7Br2NO4S2/c8-5-3-4(7(9)15-5)16(13,14)10-2-1-6(11)12/h3,10H,1-2H2,(H,11,12). The number of carboxylic acid groups (broad SMARTS) is 1. The third-order valence-electron chi connectivity index (χ3n) is 1.55. The van der Waals surface area contributed by atoms with Crippen molar-refractivity contribution < 1.29 is 18.3 Å². The van der Waals surface area contributed by atoms with Crippen molar-refractivity contribution in [1.29, 1.82) is 0 Å². The average molecular weight is 393 g/mol. The van der Waals surface area contributed by atoms with E-state index in [1.165, 1.54) is 17.4 Å². The fourth-order valence-electron chi connectivity index (χ4n) is 0.878. The van der Waals surface area contributed by atoms with Gasteiger partial charge in [-0.2, -0.15) is 0 Å². The molecule has 1 aromatic rings. The van der Waals surface area contributed by atoms with E-state index < -0.39 is 16.0 Å². The lowest BCUT2D eigenvalue weighted by Crippen LogP contribution is -2.26. The summed E-state index contributed by atoms with van der Waals surface area (Å²) in [4.78, 5) is 10.3. The molecule has 0 saturated heterocycles. The van der Waals surface area contributed by atoms with Crippen LogP contribution in [0.1, 0.15) is 6.42 Å². The molecule has 0 saturated carbocycles. The van der Waals surface area contributed by atoms with E-state index in [4.69, 9.17) is 5.11 Å². The van der Waals surface area contributed by atoms with Gasteiger partial charge in [-0.05, 0) is 37.9 Å². The Morgan fingerprint density at radius 2 is 2.12 bits per heavy atom. The van der Waals surface area contributed by atoms with Gasteiger partial charge in [0.25, 0.3) is 0 Å². The summed E-state index contributed by atoms with van der Waals surface area (Å²) >= 11 is 7.53. The molecule has 0 unspecified atom stereocenters. The molecule has 0 aromatic carbocycles. The van der Waals surface area contributed by atoms with Gasteiger partial charge in [0, 0.05) is 6.54 Å². The fraction of sp³-hybridized carbons (Fsp3) is 0.286. The lowest BCUT2D eigenvalue weighted by Gasteiger charge is -2.03. The topological polar surface area (TPSA) is 83.5 Å². The molecule has 0 spiro atoms. The molecule has 0 atom stereocenters. The van der Waals surface area contributed by atoms with E-state index in [-0.39, 0.29) is 17.9 Å². The summed E-state index contributed by atoms with van der Waals surface area (Å²) in [6.07, 6.45) is -0.248. The molecule has 90 valence electrons. The Labute approximate surface area is 113 Å². The Morgan fingerprint density at radius 1 is 1.50 bits per heavy atom. The summed E-state index contributed by atoms with van der Waals surface area (Å²) in [5, 5.41) is 8.39. The minimum Gasteiger partial charge on any atom is -0.481 e. The molecule has 2 N–H and O–H groups in total. The van der Waals surface area contributed by atoms with Gasteiger partial charge >= 0.3 is 5.97 Å². The highest BCUT2D eigenvalue weighted by Gasteiger charge is 2.20. The van der Waals surface area contributed by atoms with E-state index >= 15 is 0 Å². The van der Waals surface area contributed by atoms with E-state index in [0.717, 1.165) is 0 Å². The Balaban J connectivity index is 2.78. The fourth-order valence-corrected chi connectivity index (χ4v) is 5.72. The maximum absolute atomic E-state index is 11.7. The third-order valence-corrected chi connectivity index (χ3v) is 5.76. The van der Waals surface area contributed by atoms with E-state index in [1.54, 1.807) is 0 Å². The van der Waals surface area contributed by atoms with Crippen molar-refractivity contribution in [3.8, 4) is 0 Å². The summed E-state index contributed by atoms with van der Waals surface area (Å²) in [5.41, 5.74) is 0. The molecule has 5 nitrogen and oxygen atoms in total. The predicted molar refractivity (Wildman–Crippen MR) is 67.2 cm³/mol. The van der Waals surface area contributed by atoms with Crippen LogP contribution >= 0.6 is 43.2 Å². The van der Waals surface area contributed by atoms with Crippen molar-refractivity contribution in [2.24, 2.45) is 0 Å². The molecule has 0 aliphatic rings. The lowest BCUT2D eigenvalue weighted by molar-refractivity contribution is -0.136. The molecule has 9 heteroatoms. The first-order valence-corrected chi connectivity index (χ1v) is 7.88. The maximum Gasteiger partial charge on any atom is 0.304 e. The Hall–Kier alpha value is 0.0400. The highest BCUT2D eigenvalue weighted by molar-refractivity contribution is 9.12. The zero-order chi connectivity index (χ0) is 12.3. The molecule has 1 heterocycles. The van der Waals surface area contributed by atoms with Crippen LogP contribution in [0, 0.1) is 0 Å². The lowest BCUT2D eigenvalue weighted by atomic mass is 10.5. The van der Waals surface area contributed by atoms with Gasteiger partial charge in [0.15, 0.2) is 0 Å². The first-order chi connectivity index (χ1) is 7.33. The summed E-state index contributed by atoms with van der Waals surface area (Å²) in [7, 11) is -3.65. The molecular formula is C7H7Br2NO4S2. The predicted octanol–water partition coefficient (Wildman–Crippen LogP) is 2.03. The Bertz CT molecular complexity index is 496. The van der Waals surface area contributed by atoms with Crippen molar-refractivity contribution >= 4 is 59.2 Å². The van der Waals surface area contributed by atoms with Gasteiger partial charge in [0.2, 0.25) is 10.0 Å². The summed E-state index contributed by atoms with van der Waals surface area (Å²) in [5.74, 6) is -1.05. The minimum absolute atomic E-state index is 0.106. The van der Waals surface area contributed by atoms with Gasteiger partial charge in [-0.3, -0.25) is 4.79 Å². The summed E-state index contributed by atoms with van der Waals surface area (Å²) < 4.78 is 26.8. The number of nitrogens with one attached hydrogen (secondary N) is 1. The van der Waals surface area contributed by atoms with Gasteiger partial charge in [-0.15, -0.1) is 11.3 Å². The number of rotatable bonds is 5. The molecule has 16 heavy (non-hydrogen) atoms. The van der Waals surface area contributed by atoms with Gasteiger partial charge in [0.1, 0.15) is 4.90 Å². The summed E-state index contributed by atoms with van der Waals surface area (Å²) in [6.45, 7) is -0.127. The molecule has 0 bridgehead atoms. The number of hydrogen-bond acceptors (Lipinski definition) is 4. The van der Waals surface area contributed by atoms with Crippen molar-refractivity contribution in [2.45, 2.75) is 11.3 Å². The van der Waals surface area contributed by atoms with Gasteiger partial charge < -0.3 is 5.11 Å². The molecule has 0 fully saturated rings. The van der Waals surface area contributed by atoms with Gasteiger partial charge in [-0.1, -0.05) is 0 Å². The number of carboxylic acids is 1. The van der Waals surface area contributed by atoms with Crippen LogP contribution in [0.15, 0.2) is 18.5 Å². The molecule has 1 aromatic heterocycles. The molecule has 0 amide bonds. The second-order valence-corrected chi connectivity index (χ2v) is 8.21. The second kappa shape index (κ2) is 5.58. The molecule has 0 aliphatic carbocycles. The normalized spacial score (nSPS) is 11.6. The van der Waals surface area contributed by atoms with Crippen LogP contribution in [0.4, 0.5) is 0 Å². The van der Waals surface area contributed by atoms with Crippen molar-refractivity contribution in [3.05, 3.63) is 13.6 Å². The SMILES string of the molecule is O=C(O)CCNS(=O)(=O)c1cc(Br)sc1Br. The Morgan fingerprint density at radius 3 is 2.56 bits per heavy atom. The van der Waals surface area contributed by atoms with Crippen LogP contribution in [0.3, 0.4) is 0 Å². The Kier molecular flexibility index (Phi) is 4.92.